The normalized spacial score (nSPS) is 29.0. The fourth-order valence-electron chi connectivity index (χ4n) is 3.26. The number of nitrogens with one attached hydrogen (secondary N) is 1. The largest absolute Gasteiger partial charge is 0.311 e. The van der Waals surface area contributed by atoms with Gasteiger partial charge in [-0.3, -0.25) is 4.90 Å². The molecule has 0 radical (unpaired) electrons. The Morgan fingerprint density at radius 1 is 1.47 bits per heavy atom. The molecule has 2 heterocycles. The van der Waals surface area contributed by atoms with Gasteiger partial charge in [-0.1, -0.05) is 13.8 Å². The van der Waals surface area contributed by atoms with Gasteiger partial charge in [-0.2, -0.15) is 0 Å². The van der Waals surface area contributed by atoms with E-state index in [9.17, 15) is 0 Å². The number of hydrogen-bond donors (Lipinski definition) is 1. The highest BCUT2D eigenvalue weighted by molar-refractivity contribution is 7.09. The molecule has 3 nitrogen and oxygen atoms in total. The minimum absolute atomic E-state index is 0.662. The fraction of sp³-hybridized carbons (Fsp3) is 0.800. The lowest BCUT2D eigenvalue weighted by atomic mass is 9.98. The molecule has 1 aliphatic carbocycles. The van der Waals surface area contributed by atoms with Crippen LogP contribution in [0.1, 0.15) is 38.1 Å². The quantitative estimate of drug-likeness (QED) is 0.898. The molecule has 0 aromatic carbocycles. The lowest BCUT2D eigenvalue weighted by Crippen LogP contribution is -2.57. The third-order valence-electron chi connectivity index (χ3n) is 4.28. The molecule has 1 N–H and O–H groups in total. The van der Waals surface area contributed by atoms with Crippen LogP contribution in [0, 0.1) is 11.8 Å². The van der Waals surface area contributed by atoms with Crippen molar-refractivity contribution in [3.8, 4) is 0 Å². The summed E-state index contributed by atoms with van der Waals surface area (Å²) in [4.78, 5) is 7.16. The summed E-state index contributed by atoms with van der Waals surface area (Å²) in [5.41, 5.74) is 0. The summed E-state index contributed by atoms with van der Waals surface area (Å²) >= 11 is 1.79. The van der Waals surface area contributed by atoms with Crippen molar-refractivity contribution in [3.63, 3.8) is 0 Å². The molecule has 1 aliphatic heterocycles. The van der Waals surface area contributed by atoms with E-state index in [0.29, 0.717) is 6.04 Å². The van der Waals surface area contributed by atoms with E-state index in [1.165, 1.54) is 37.4 Å². The first-order valence-corrected chi connectivity index (χ1v) is 8.46. The number of piperazine rings is 1. The van der Waals surface area contributed by atoms with E-state index in [1.807, 2.05) is 6.20 Å². The van der Waals surface area contributed by atoms with E-state index in [0.717, 1.165) is 24.4 Å². The van der Waals surface area contributed by atoms with Crippen LogP contribution in [0.25, 0.3) is 0 Å². The number of rotatable bonds is 5. The number of thiazole rings is 1. The zero-order valence-electron chi connectivity index (χ0n) is 12.0. The van der Waals surface area contributed by atoms with Crippen molar-refractivity contribution < 1.29 is 0 Å². The van der Waals surface area contributed by atoms with Crippen LogP contribution in [0.4, 0.5) is 0 Å². The maximum atomic E-state index is 4.47. The van der Waals surface area contributed by atoms with Gasteiger partial charge in [0, 0.05) is 36.8 Å². The number of hydrogen-bond acceptors (Lipinski definition) is 4. The molecular weight excluding hydrogens is 254 g/mol. The Morgan fingerprint density at radius 2 is 2.32 bits per heavy atom. The second-order valence-corrected chi connectivity index (χ2v) is 7.47. The molecule has 1 saturated carbocycles. The van der Waals surface area contributed by atoms with Crippen molar-refractivity contribution in [1.29, 1.82) is 0 Å². The summed E-state index contributed by atoms with van der Waals surface area (Å²) in [6, 6.07) is 1.40. The Labute approximate surface area is 120 Å². The summed E-state index contributed by atoms with van der Waals surface area (Å²) in [6.45, 7) is 8.06. The Bertz CT molecular complexity index is 386. The lowest BCUT2D eigenvalue weighted by molar-refractivity contribution is 0.100. The van der Waals surface area contributed by atoms with E-state index >= 15 is 0 Å². The van der Waals surface area contributed by atoms with Crippen molar-refractivity contribution >= 4 is 11.3 Å². The summed E-state index contributed by atoms with van der Waals surface area (Å²) in [7, 11) is 0. The lowest BCUT2D eigenvalue weighted by Gasteiger charge is -2.41. The van der Waals surface area contributed by atoms with Crippen molar-refractivity contribution in [2.75, 3.05) is 13.1 Å². The molecular formula is C15H25N3S. The Hall–Kier alpha value is -0.450. The highest BCUT2D eigenvalue weighted by Gasteiger charge is 2.38. The van der Waals surface area contributed by atoms with Gasteiger partial charge in [0.2, 0.25) is 0 Å². The summed E-state index contributed by atoms with van der Waals surface area (Å²) in [5, 5.41) is 7.14. The van der Waals surface area contributed by atoms with Gasteiger partial charge in [0.15, 0.2) is 0 Å². The summed E-state index contributed by atoms with van der Waals surface area (Å²) in [6.07, 6.45) is 6.07. The Morgan fingerprint density at radius 3 is 2.95 bits per heavy atom. The predicted octanol–water partition coefficient (Wildman–Crippen LogP) is 2.74. The smallest absolute Gasteiger partial charge is 0.107 e. The average molecular weight is 279 g/mol. The molecule has 0 amide bonds. The molecule has 4 heteroatoms. The minimum atomic E-state index is 0.662. The third kappa shape index (κ3) is 3.56. The van der Waals surface area contributed by atoms with E-state index in [4.69, 9.17) is 0 Å². The van der Waals surface area contributed by atoms with Crippen molar-refractivity contribution in [2.24, 2.45) is 11.8 Å². The van der Waals surface area contributed by atoms with Crippen LogP contribution >= 0.6 is 11.3 Å². The zero-order valence-corrected chi connectivity index (χ0v) is 12.8. The van der Waals surface area contributed by atoms with E-state index in [2.05, 4.69) is 34.4 Å². The molecule has 2 aliphatic rings. The molecule has 106 valence electrons. The van der Waals surface area contributed by atoms with E-state index < -0.39 is 0 Å². The van der Waals surface area contributed by atoms with Gasteiger partial charge in [0.05, 0.1) is 6.54 Å². The molecule has 19 heavy (non-hydrogen) atoms. The van der Waals surface area contributed by atoms with Crippen LogP contribution in [-0.4, -0.2) is 35.1 Å². The van der Waals surface area contributed by atoms with Crippen molar-refractivity contribution in [3.05, 3.63) is 16.6 Å². The molecule has 0 spiro atoms. The summed E-state index contributed by atoms with van der Waals surface area (Å²) in [5.74, 6) is 1.71. The Balaban J connectivity index is 1.64. The monoisotopic (exact) mass is 279 g/mol. The van der Waals surface area contributed by atoms with Crippen LogP contribution in [0.3, 0.4) is 0 Å². The average Bonchev–Trinajstić information content (AvgIpc) is 3.07. The highest BCUT2D eigenvalue weighted by atomic mass is 32.1. The van der Waals surface area contributed by atoms with Gasteiger partial charge in [0.1, 0.15) is 5.01 Å². The fourth-order valence-corrected chi connectivity index (χ4v) is 3.90. The molecule has 3 rings (SSSR count). The number of nitrogens with zero attached hydrogens (tertiary/aromatic N) is 2. The molecule has 2 fully saturated rings. The molecule has 1 aromatic heterocycles. The van der Waals surface area contributed by atoms with Gasteiger partial charge in [-0.25, -0.2) is 4.98 Å². The van der Waals surface area contributed by atoms with Gasteiger partial charge < -0.3 is 5.32 Å². The van der Waals surface area contributed by atoms with Gasteiger partial charge in [-0.05, 0) is 31.1 Å². The molecule has 1 saturated heterocycles. The van der Waals surface area contributed by atoms with Crippen LogP contribution in [0.15, 0.2) is 11.6 Å². The standard InChI is InChI=1S/C15H25N3S/c1-11(2)7-13-9-18(10-15-16-5-6-19-15)14(8-17-13)12-3-4-12/h5-6,11-14,17H,3-4,7-10H2,1-2H3. The second kappa shape index (κ2) is 5.90. The SMILES string of the molecule is CC(C)CC1CN(Cc2nccs2)C(C2CC2)CN1. The third-order valence-corrected chi connectivity index (χ3v) is 5.05. The maximum absolute atomic E-state index is 4.47. The van der Waals surface area contributed by atoms with Crippen molar-refractivity contribution in [2.45, 2.75) is 51.7 Å². The first-order valence-electron chi connectivity index (χ1n) is 7.58. The Kier molecular flexibility index (Phi) is 4.20. The maximum Gasteiger partial charge on any atom is 0.107 e. The second-order valence-electron chi connectivity index (χ2n) is 6.49. The van der Waals surface area contributed by atoms with E-state index in [-0.39, 0.29) is 0 Å². The topological polar surface area (TPSA) is 28.2 Å². The van der Waals surface area contributed by atoms with Crippen LogP contribution in [-0.2, 0) is 6.54 Å². The van der Waals surface area contributed by atoms with E-state index in [1.54, 1.807) is 11.3 Å². The molecule has 1 aromatic rings. The minimum Gasteiger partial charge on any atom is -0.311 e. The van der Waals surface area contributed by atoms with Crippen LogP contribution < -0.4 is 5.32 Å². The molecule has 2 atom stereocenters. The van der Waals surface area contributed by atoms with Crippen LogP contribution in [0.5, 0.6) is 0 Å². The molecule has 0 bridgehead atoms. The highest BCUT2D eigenvalue weighted by Crippen LogP contribution is 2.37. The van der Waals surface area contributed by atoms with Crippen LogP contribution in [0.2, 0.25) is 0 Å². The van der Waals surface area contributed by atoms with Gasteiger partial charge >= 0.3 is 0 Å². The van der Waals surface area contributed by atoms with Gasteiger partial charge in [0.25, 0.3) is 0 Å². The predicted molar refractivity (Wildman–Crippen MR) is 80.3 cm³/mol. The zero-order chi connectivity index (χ0) is 13.2. The van der Waals surface area contributed by atoms with Gasteiger partial charge in [-0.15, -0.1) is 11.3 Å². The number of aromatic nitrogens is 1. The van der Waals surface area contributed by atoms with Crippen molar-refractivity contribution in [1.82, 2.24) is 15.2 Å². The summed E-state index contributed by atoms with van der Waals surface area (Å²) < 4.78 is 0. The first kappa shape index (κ1) is 13.5. The molecule has 2 unspecified atom stereocenters. The first-order chi connectivity index (χ1) is 9.22.